The lowest BCUT2D eigenvalue weighted by molar-refractivity contribution is -0.263. The van der Waals surface area contributed by atoms with Crippen LogP contribution in [-0.2, 0) is 20.6 Å². The standard InChI is InChI=1S/C24H28N2O4/c1-27-18-12-8-16(9-13-18)22-20-6-5-7-21(20)23(26-25-22,24(22,29-3)30-4)17-10-14-19(28-2)15-11-17/h8-15,20-21H,5-7H2,1-4H3/t20-,21+,22-,23+. The first-order valence-corrected chi connectivity index (χ1v) is 10.5. The Bertz CT molecular complexity index is 881. The van der Waals surface area contributed by atoms with Gasteiger partial charge in [-0.1, -0.05) is 30.7 Å². The second-order valence-electron chi connectivity index (χ2n) is 8.36. The zero-order valence-corrected chi connectivity index (χ0v) is 17.9. The summed E-state index contributed by atoms with van der Waals surface area (Å²) in [4.78, 5) is 0. The first kappa shape index (κ1) is 19.5. The van der Waals surface area contributed by atoms with Crippen LogP contribution in [0.3, 0.4) is 0 Å². The van der Waals surface area contributed by atoms with E-state index in [9.17, 15) is 0 Å². The third kappa shape index (κ3) is 2.06. The molecular weight excluding hydrogens is 380 g/mol. The highest BCUT2D eigenvalue weighted by Crippen LogP contribution is 2.75. The van der Waals surface area contributed by atoms with Crippen LogP contribution in [0.1, 0.15) is 30.4 Å². The molecule has 0 amide bonds. The SMILES string of the molecule is COc1ccc([C@@]23N=N[C@@](c4ccc(OC)cc4)([C@H]4CCC[C@H]42)C3(OC)OC)cc1. The predicted octanol–water partition coefficient (Wildman–Crippen LogP) is 4.68. The Kier molecular flexibility index (Phi) is 4.42. The fraction of sp³-hybridized carbons (Fsp3) is 0.500. The minimum atomic E-state index is -1.03. The summed E-state index contributed by atoms with van der Waals surface area (Å²) in [6.45, 7) is 0. The zero-order chi connectivity index (χ0) is 21.0. The summed E-state index contributed by atoms with van der Waals surface area (Å²) >= 11 is 0. The van der Waals surface area contributed by atoms with Crippen molar-refractivity contribution >= 4 is 0 Å². The molecule has 2 fully saturated rings. The molecule has 0 spiro atoms. The number of hydrogen-bond acceptors (Lipinski definition) is 6. The zero-order valence-electron chi connectivity index (χ0n) is 17.9. The van der Waals surface area contributed by atoms with E-state index in [2.05, 4.69) is 24.3 Å². The monoisotopic (exact) mass is 408 g/mol. The highest BCUT2D eigenvalue weighted by molar-refractivity contribution is 5.48. The summed E-state index contributed by atoms with van der Waals surface area (Å²) in [7, 11) is 6.79. The second-order valence-corrected chi connectivity index (χ2v) is 8.36. The second kappa shape index (κ2) is 6.79. The molecule has 6 heteroatoms. The molecule has 0 aromatic heterocycles. The smallest absolute Gasteiger partial charge is 0.232 e. The van der Waals surface area contributed by atoms with Crippen LogP contribution in [0.25, 0.3) is 0 Å². The molecule has 0 radical (unpaired) electrons. The number of ether oxygens (including phenoxy) is 4. The minimum absolute atomic E-state index is 0.283. The van der Waals surface area contributed by atoms with E-state index < -0.39 is 16.9 Å². The van der Waals surface area contributed by atoms with Gasteiger partial charge >= 0.3 is 0 Å². The Labute approximate surface area is 177 Å². The molecule has 30 heavy (non-hydrogen) atoms. The summed E-state index contributed by atoms with van der Waals surface area (Å²) < 4.78 is 23.4. The van der Waals surface area contributed by atoms with Gasteiger partial charge in [0.05, 0.1) is 14.2 Å². The average Bonchev–Trinajstić information content (AvgIpc) is 3.46. The van der Waals surface area contributed by atoms with Crippen molar-refractivity contribution in [3.63, 3.8) is 0 Å². The fourth-order valence-electron chi connectivity index (χ4n) is 6.50. The third-order valence-corrected chi connectivity index (χ3v) is 7.59. The lowest BCUT2D eigenvalue weighted by Crippen LogP contribution is -2.58. The molecule has 0 N–H and O–H groups in total. The van der Waals surface area contributed by atoms with Gasteiger partial charge in [-0.25, -0.2) is 0 Å². The van der Waals surface area contributed by atoms with E-state index in [4.69, 9.17) is 29.2 Å². The quantitative estimate of drug-likeness (QED) is 0.651. The van der Waals surface area contributed by atoms with Gasteiger partial charge in [-0.15, -0.1) is 0 Å². The van der Waals surface area contributed by atoms with Gasteiger partial charge in [0.15, 0.2) is 11.1 Å². The van der Waals surface area contributed by atoms with Gasteiger partial charge in [0.2, 0.25) is 5.79 Å². The van der Waals surface area contributed by atoms with Crippen LogP contribution in [-0.4, -0.2) is 34.2 Å². The fourth-order valence-corrected chi connectivity index (χ4v) is 6.50. The highest BCUT2D eigenvalue weighted by atomic mass is 16.7. The molecule has 2 bridgehead atoms. The lowest BCUT2D eigenvalue weighted by Gasteiger charge is -2.44. The van der Waals surface area contributed by atoms with E-state index in [1.54, 1.807) is 28.4 Å². The van der Waals surface area contributed by atoms with E-state index in [0.717, 1.165) is 41.9 Å². The van der Waals surface area contributed by atoms with Gasteiger partial charge in [0.1, 0.15) is 11.5 Å². The largest absolute Gasteiger partial charge is 0.497 e. The number of rotatable bonds is 6. The summed E-state index contributed by atoms with van der Waals surface area (Å²) in [5.41, 5.74) is 0.703. The maximum atomic E-state index is 6.33. The van der Waals surface area contributed by atoms with Crippen LogP contribution in [0, 0.1) is 11.8 Å². The van der Waals surface area contributed by atoms with Crippen LogP contribution in [0.2, 0.25) is 0 Å². The summed E-state index contributed by atoms with van der Waals surface area (Å²) in [6, 6.07) is 16.2. The van der Waals surface area contributed by atoms with Gasteiger partial charge in [-0.05, 0) is 48.2 Å². The molecule has 158 valence electrons. The molecule has 1 aliphatic heterocycles. The Balaban J connectivity index is 1.75. The van der Waals surface area contributed by atoms with Crippen LogP contribution >= 0.6 is 0 Å². The summed E-state index contributed by atoms with van der Waals surface area (Å²) in [6.07, 6.45) is 3.30. The van der Waals surface area contributed by atoms with Crippen LogP contribution in [0.15, 0.2) is 58.8 Å². The maximum absolute atomic E-state index is 6.33. The Hall–Kier alpha value is -2.44. The van der Waals surface area contributed by atoms with Gasteiger partial charge in [0, 0.05) is 26.1 Å². The molecule has 0 unspecified atom stereocenters. The Morgan fingerprint density at radius 3 is 1.40 bits per heavy atom. The van der Waals surface area contributed by atoms with Crippen molar-refractivity contribution < 1.29 is 18.9 Å². The van der Waals surface area contributed by atoms with Crippen LogP contribution < -0.4 is 9.47 Å². The minimum Gasteiger partial charge on any atom is -0.497 e. The van der Waals surface area contributed by atoms with E-state index in [-0.39, 0.29) is 11.8 Å². The molecule has 3 aliphatic rings. The average molecular weight is 408 g/mol. The van der Waals surface area contributed by atoms with Gasteiger partial charge in [-0.3, -0.25) is 0 Å². The van der Waals surface area contributed by atoms with Crippen molar-refractivity contribution in [1.82, 2.24) is 0 Å². The van der Waals surface area contributed by atoms with Crippen molar-refractivity contribution in [3.05, 3.63) is 59.7 Å². The lowest BCUT2D eigenvalue weighted by atomic mass is 9.74. The summed E-state index contributed by atoms with van der Waals surface area (Å²) in [5, 5.41) is 9.99. The first-order chi connectivity index (χ1) is 14.6. The number of azo groups is 1. The van der Waals surface area contributed by atoms with E-state index in [1.165, 1.54) is 0 Å². The molecule has 2 saturated carbocycles. The van der Waals surface area contributed by atoms with Crippen molar-refractivity contribution in [1.29, 1.82) is 0 Å². The van der Waals surface area contributed by atoms with Crippen LogP contribution in [0.4, 0.5) is 0 Å². The third-order valence-electron chi connectivity index (χ3n) is 7.59. The van der Waals surface area contributed by atoms with Crippen LogP contribution in [0.5, 0.6) is 11.5 Å². The molecule has 2 aromatic carbocycles. The molecule has 4 atom stereocenters. The highest BCUT2D eigenvalue weighted by Gasteiger charge is 2.84. The van der Waals surface area contributed by atoms with Crippen molar-refractivity contribution in [2.24, 2.45) is 22.1 Å². The molecule has 2 aromatic rings. The molecule has 6 nitrogen and oxygen atoms in total. The number of methoxy groups -OCH3 is 4. The normalized spacial score (nSPS) is 32.9. The molecule has 1 heterocycles. The van der Waals surface area contributed by atoms with Crippen molar-refractivity contribution in [3.8, 4) is 11.5 Å². The van der Waals surface area contributed by atoms with E-state index in [1.807, 2.05) is 24.3 Å². The number of benzene rings is 2. The first-order valence-electron chi connectivity index (χ1n) is 10.5. The van der Waals surface area contributed by atoms with Crippen molar-refractivity contribution in [2.45, 2.75) is 36.1 Å². The van der Waals surface area contributed by atoms with Gasteiger partial charge < -0.3 is 18.9 Å². The predicted molar refractivity (Wildman–Crippen MR) is 112 cm³/mol. The van der Waals surface area contributed by atoms with E-state index >= 15 is 0 Å². The van der Waals surface area contributed by atoms with E-state index in [0.29, 0.717) is 0 Å². The maximum Gasteiger partial charge on any atom is 0.232 e. The number of hydrogen-bond donors (Lipinski definition) is 0. The Morgan fingerprint density at radius 2 is 1.07 bits per heavy atom. The number of nitrogens with zero attached hydrogens (tertiary/aromatic N) is 2. The van der Waals surface area contributed by atoms with Gasteiger partial charge in [-0.2, -0.15) is 10.2 Å². The summed E-state index contributed by atoms with van der Waals surface area (Å²) in [5.74, 6) is 1.16. The van der Waals surface area contributed by atoms with Gasteiger partial charge in [0.25, 0.3) is 0 Å². The molecule has 2 aliphatic carbocycles. The molecule has 5 rings (SSSR count). The Morgan fingerprint density at radius 1 is 0.667 bits per heavy atom. The number of fused-ring (bicyclic) bond motifs is 5. The van der Waals surface area contributed by atoms with Crippen molar-refractivity contribution in [2.75, 3.05) is 28.4 Å². The topological polar surface area (TPSA) is 61.6 Å². The molecule has 0 saturated heterocycles. The molecular formula is C24H28N2O4.